The van der Waals surface area contributed by atoms with Crippen LogP contribution in [0.3, 0.4) is 0 Å². The van der Waals surface area contributed by atoms with Crippen LogP contribution in [-0.4, -0.2) is 22.1 Å². The van der Waals surface area contributed by atoms with Gasteiger partial charge in [-0.1, -0.05) is 0 Å². The first kappa shape index (κ1) is 13.4. The van der Waals surface area contributed by atoms with Crippen molar-refractivity contribution in [1.82, 2.24) is 15.0 Å². The Kier molecular flexibility index (Phi) is 4.07. The van der Waals surface area contributed by atoms with E-state index >= 15 is 0 Å². The van der Waals surface area contributed by atoms with Crippen molar-refractivity contribution in [3.63, 3.8) is 0 Å². The fraction of sp³-hybridized carbons (Fsp3) is 0.100. The lowest BCUT2D eigenvalue weighted by Crippen LogP contribution is -2.12. The van der Waals surface area contributed by atoms with E-state index in [0.29, 0.717) is 4.90 Å². The zero-order valence-electron chi connectivity index (χ0n) is 9.72. The predicted molar refractivity (Wildman–Crippen MR) is 64.7 cm³/mol. The molecular weight excluding hydrogens is 276 g/mol. The molecule has 6 nitrogen and oxygen atoms in total. The number of aromatic nitrogens is 3. The number of nitrogens with two attached hydrogens (primary N) is 1. The highest BCUT2D eigenvalue weighted by molar-refractivity contribution is 7.99. The first-order chi connectivity index (χ1) is 9.12. The highest BCUT2D eigenvalue weighted by Gasteiger charge is 2.09. The van der Waals surface area contributed by atoms with Crippen LogP contribution < -0.4 is 16.0 Å². The summed E-state index contributed by atoms with van der Waals surface area (Å²) in [7, 11) is 1.39. The summed E-state index contributed by atoms with van der Waals surface area (Å²) in [5, 5.41) is 0.241. The zero-order valence-corrected chi connectivity index (χ0v) is 10.5. The number of nitrogens with one attached hydrogen (secondary N) is 1. The van der Waals surface area contributed by atoms with Crippen molar-refractivity contribution >= 4 is 17.7 Å². The lowest BCUT2D eigenvalue weighted by molar-refractivity contribution is 0.373. The molecule has 0 aliphatic heterocycles. The van der Waals surface area contributed by atoms with E-state index in [0.717, 1.165) is 23.9 Å². The van der Waals surface area contributed by atoms with Crippen molar-refractivity contribution in [1.29, 1.82) is 0 Å². The number of hydrazine groups is 1. The molecule has 0 amide bonds. The van der Waals surface area contributed by atoms with E-state index in [-0.39, 0.29) is 17.1 Å². The van der Waals surface area contributed by atoms with E-state index in [2.05, 4.69) is 20.4 Å². The van der Waals surface area contributed by atoms with Crippen LogP contribution in [0.5, 0.6) is 6.01 Å². The molecule has 100 valence electrons. The normalized spacial score (nSPS) is 10.3. The molecule has 1 heterocycles. The Morgan fingerprint density at radius 1 is 1.21 bits per heavy atom. The molecule has 1 aromatic heterocycles. The maximum absolute atomic E-state index is 13.1. The Bertz CT molecular complexity index is 576. The average molecular weight is 285 g/mol. The van der Waals surface area contributed by atoms with Crippen LogP contribution in [-0.2, 0) is 0 Å². The summed E-state index contributed by atoms with van der Waals surface area (Å²) in [5.74, 6) is 3.45. The number of methoxy groups -OCH3 is 1. The number of nitrogen functional groups attached to an aromatic ring is 1. The van der Waals surface area contributed by atoms with Gasteiger partial charge in [-0.05, 0) is 30.0 Å². The third kappa shape index (κ3) is 3.26. The van der Waals surface area contributed by atoms with Crippen molar-refractivity contribution in [3.8, 4) is 6.01 Å². The van der Waals surface area contributed by atoms with E-state index in [1.165, 1.54) is 13.2 Å². The third-order valence-corrected chi connectivity index (χ3v) is 2.86. The van der Waals surface area contributed by atoms with Gasteiger partial charge >= 0.3 is 6.01 Å². The van der Waals surface area contributed by atoms with Crippen LogP contribution in [0.1, 0.15) is 0 Å². The molecule has 0 bridgehead atoms. The van der Waals surface area contributed by atoms with E-state index in [1.807, 2.05) is 0 Å². The second-order valence-electron chi connectivity index (χ2n) is 3.25. The Morgan fingerprint density at radius 2 is 2.00 bits per heavy atom. The number of anilines is 1. The minimum atomic E-state index is -0.941. The second kappa shape index (κ2) is 5.76. The summed E-state index contributed by atoms with van der Waals surface area (Å²) in [6, 6.07) is 3.55. The van der Waals surface area contributed by atoms with Crippen molar-refractivity contribution in [2.24, 2.45) is 5.84 Å². The fourth-order valence-corrected chi connectivity index (χ4v) is 1.95. The monoisotopic (exact) mass is 285 g/mol. The summed E-state index contributed by atoms with van der Waals surface area (Å²) >= 11 is 1.03. The molecule has 1 aromatic carbocycles. The van der Waals surface area contributed by atoms with E-state index in [9.17, 15) is 8.78 Å². The van der Waals surface area contributed by atoms with E-state index in [1.54, 1.807) is 0 Å². The van der Waals surface area contributed by atoms with E-state index < -0.39 is 11.6 Å². The summed E-state index contributed by atoms with van der Waals surface area (Å²) in [6.07, 6.45) is 0. The highest BCUT2D eigenvalue weighted by Crippen LogP contribution is 2.27. The Hall–Kier alpha value is -2.00. The van der Waals surface area contributed by atoms with Crippen LogP contribution in [0.15, 0.2) is 28.3 Å². The molecule has 3 N–H and O–H groups in total. The van der Waals surface area contributed by atoms with Gasteiger partial charge < -0.3 is 4.74 Å². The first-order valence-corrected chi connectivity index (χ1v) is 5.83. The quantitative estimate of drug-likeness (QED) is 0.651. The minimum absolute atomic E-state index is 0.0630. The molecule has 0 unspecified atom stereocenters. The average Bonchev–Trinajstić information content (AvgIpc) is 2.42. The molecule has 2 rings (SSSR count). The van der Waals surface area contributed by atoms with Gasteiger partial charge in [-0.25, -0.2) is 14.6 Å². The third-order valence-electron chi connectivity index (χ3n) is 2.01. The van der Waals surface area contributed by atoms with Gasteiger partial charge in [0.25, 0.3) is 0 Å². The number of benzene rings is 1. The van der Waals surface area contributed by atoms with Crippen LogP contribution in [0.2, 0.25) is 0 Å². The number of rotatable bonds is 4. The zero-order chi connectivity index (χ0) is 13.8. The van der Waals surface area contributed by atoms with Gasteiger partial charge in [-0.2, -0.15) is 15.0 Å². The van der Waals surface area contributed by atoms with E-state index in [4.69, 9.17) is 10.6 Å². The number of hydrogen-bond acceptors (Lipinski definition) is 7. The van der Waals surface area contributed by atoms with Crippen LogP contribution in [0.25, 0.3) is 0 Å². The molecular formula is C10H9F2N5OS. The smallest absolute Gasteiger partial charge is 0.322 e. The summed E-state index contributed by atoms with van der Waals surface area (Å²) in [4.78, 5) is 12.2. The van der Waals surface area contributed by atoms with Gasteiger partial charge in [0.05, 0.1) is 7.11 Å². The van der Waals surface area contributed by atoms with Crippen LogP contribution in [0.4, 0.5) is 14.7 Å². The second-order valence-corrected chi connectivity index (χ2v) is 4.29. The van der Waals surface area contributed by atoms with Gasteiger partial charge in [0.15, 0.2) is 11.6 Å². The molecule has 0 aliphatic rings. The highest BCUT2D eigenvalue weighted by atomic mass is 32.2. The van der Waals surface area contributed by atoms with Gasteiger partial charge in [-0.3, -0.25) is 5.43 Å². The van der Waals surface area contributed by atoms with Crippen molar-refractivity contribution in [2.45, 2.75) is 10.1 Å². The topological polar surface area (TPSA) is 86.0 Å². The molecule has 2 aromatic rings. The molecule has 0 spiro atoms. The minimum Gasteiger partial charge on any atom is -0.467 e. The molecule has 19 heavy (non-hydrogen) atoms. The van der Waals surface area contributed by atoms with Crippen molar-refractivity contribution < 1.29 is 13.5 Å². The number of hydrogen-bond donors (Lipinski definition) is 2. The van der Waals surface area contributed by atoms with Gasteiger partial charge in [0.2, 0.25) is 11.1 Å². The Morgan fingerprint density at radius 3 is 2.63 bits per heavy atom. The first-order valence-electron chi connectivity index (χ1n) is 5.02. The molecule has 0 radical (unpaired) electrons. The molecule has 9 heteroatoms. The Labute approximate surface area is 111 Å². The summed E-state index contributed by atoms with van der Waals surface area (Å²) < 4.78 is 30.7. The van der Waals surface area contributed by atoms with Gasteiger partial charge in [0, 0.05) is 4.90 Å². The summed E-state index contributed by atoms with van der Waals surface area (Å²) in [5.41, 5.74) is 2.26. The van der Waals surface area contributed by atoms with Gasteiger partial charge in [0.1, 0.15) is 0 Å². The predicted octanol–water partition coefficient (Wildman–Crippen LogP) is 1.60. The Balaban J connectivity index is 2.29. The molecule has 0 saturated carbocycles. The standard InChI is InChI=1S/C10H9F2N5OS/c1-18-9-14-8(17-13)15-10(16-9)19-5-2-3-6(11)7(12)4-5/h2-4H,13H2,1H3,(H,14,15,16,17). The lowest BCUT2D eigenvalue weighted by atomic mass is 10.3. The van der Waals surface area contributed by atoms with Crippen molar-refractivity contribution in [2.75, 3.05) is 12.5 Å². The summed E-state index contributed by atoms with van der Waals surface area (Å²) in [6.45, 7) is 0. The number of ether oxygens (including phenoxy) is 1. The molecule has 0 fully saturated rings. The van der Waals surface area contributed by atoms with Crippen LogP contribution in [0, 0.1) is 11.6 Å². The van der Waals surface area contributed by atoms with Gasteiger partial charge in [-0.15, -0.1) is 0 Å². The number of halogens is 2. The maximum Gasteiger partial charge on any atom is 0.322 e. The van der Waals surface area contributed by atoms with Crippen LogP contribution >= 0.6 is 11.8 Å². The number of nitrogens with zero attached hydrogens (tertiary/aromatic N) is 3. The van der Waals surface area contributed by atoms with Crippen molar-refractivity contribution in [3.05, 3.63) is 29.8 Å². The molecule has 0 saturated heterocycles. The fourth-order valence-electron chi connectivity index (χ4n) is 1.19. The lowest BCUT2D eigenvalue weighted by Gasteiger charge is -2.05. The largest absolute Gasteiger partial charge is 0.467 e. The molecule has 0 atom stereocenters. The molecule has 0 aliphatic carbocycles. The SMILES string of the molecule is COc1nc(NN)nc(Sc2ccc(F)c(F)c2)n1. The maximum atomic E-state index is 13.1.